The van der Waals surface area contributed by atoms with Crippen molar-refractivity contribution in [2.45, 2.75) is 72.1 Å². The molecule has 31 heavy (non-hydrogen) atoms. The Hall–Kier alpha value is -2.47. The molecule has 1 amide bonds. The lowest BCUT2D eigenvalue weighted by molar-refractivity contribution is -0.00560. The maximum absolute atomic E-state index is 13.3. The van der Waals surface area contributed by atoms with Crippen LogP contribution in [-0.2, 0) is 23.1 Å². The van der Waals surface area contributed by atoms with Gasteiger partial charge in [0, 0.05) is 37.2 Å². The summed E-state index contributed by atoms with van der Waals surface area (Å²) in [5.41, 5.74) is 4.19. The van der Waals surface area contributed by atoms with Crippen LogP contribution in [0.25, 0.3) is 0 Å². The third kappa shape index (κ3) is 4.59. The molecule has 2 aliphatic rings. The van der Waals surface area contributed by atoms with E-state index in [4.69, 9.17) is 14.7 Å². The Bertz CT molecular complexity index is 955. The lowest BCUT2D eigenvalue weighted by atomic mass is 9.86. The van der Waals surface area contributed by atoms with Crippen LogP contribution in [-0.4, -0.2) is 52.6 Å². The number of benzene rings is 1. The van der Waals surface area contributed by atoms with E-state index >= 15 is 0 Å². The minimum Gasteiger partial charge on any atom is -0.372 e. The number of fused-ring (bicyclic) bond motifs is 1. The number of nitrogens with zero attached hydrogens (tertiary/aromatic N) is 4. The average Bonchev–Trinajstić information content (AvgIpc) is 2.71. The summed E-state index contributed by atoms with van der Waals surface area (Å²) in [5, 5.41) is 0. The van der Waals surface area contributed by atoms with Crippen molar-refractivity contribution in [1.82, 2.24) is 14.9 Å². The first-order valence-electron chi connectivity index (χ1n) is 11.3. The highest BCUT2D eigenvalue weighted by molar-refractivity contribution is 5.94. The van der Waals surface area contributed by atoms with Gasteiger partial charge in [0.05, 0.1) is 24.4 Å². The van der Waals surface area contributed by atoms with E-state index in [1.54, 1.807) is 0 Å². The van der Waals surface area contributed by atoms with Gasteiger partial charge >= 0.3 is 0 Å². The first-order valence-corrected chi connectivity index (χ1v) is 11.3. The van der Waals surface area contributed by atoms with Gasteiger partial charge in [-0.3, -0.25) is 4.79 Å². The number of hydrogen-bond donors (Lipinski definition) is 0. The molecule has 0 spiro atoms. The number of rotatable bonds is 2. The van der Waals surface area contributed by atoms with E-state index in [1.807, 2.05) is 24.0 Å². The van der Waals surface area contributed by atoms with Gasteiger partial charge in [-0.05, 0) is 43.9 Å². The van der Waals surface area contributed by atoms with Gasteiger partial charge in [0.25, 0.3) is 5.91 Å². The third-order valence-corrected chi connectivity index (χ3v) is 6.15. The minimum atomic E-state index is 0.0707. The number of aryl methyl sites for hydroxylation is 1. The summed E-state index contributed by atoms with van der Waals surface area (Å²) in [4.78, 5) is 27.0. The molecule has 0 saturated carbocycles. The number of anilines is 1. The second-order valence-electron chi connectivity index (χ2n) is 9.99. The Balaban J connectivity index is 1.60. The number of carbonyl (C=O) groups excluding carboxylic acids is 1. The third-order valence-electron chi connectivity index (χ3n) is 6.15. The summed E-state index contributed by atoms with van der Waals surface area (Å²) in [5.74, 6) is 1.82. The fraction of sp³-hybridized carbons (Fsp3) is 0.560. The summed E-state index contributed by atoms with van der Waals surface area (Å²) >= 11 is 0. The molecule has 1 aromatic heterocycles. The van der Waals surface area contributed by atoms with Gasteiger partial charge in [-0.25, -0.2) is 9.97 Å². The molecule has 0 N–H and O–H groups in total. The molecule has 2 aromatic rings. The second-order valence-corrected chi connectivity index (χ2v) is 9.99. The van der Waals surface area contributed by atoms with Gasteiger partial charge in [-0.2, -0.15) is 0 Å². The smallest absolute Gasteiger partial charge is 0.254 e. The molecule has 2 aliphatic heterocycles. The largest absolute Gasteiger partial charge is 0.372 e. The number of amides is 1. The maximum atomic E-state index is 13.3. The van der Waals surface area contributed by atoms with E-state index in [1.165, 1.54) is 5.56 Å². The lowest BCUT2D eigenvalue weighted by Gasteiger charge is -2.38. The van der Waals surface area contributed by atoms with Gasteiger partial charge in [0.2, 0.25) is 0 Å². The molecule has 0 aliphatic carbocycles. The Morgan fingerprint density at radius 2 is 1.71 bits per heavy atom. The zero-order chi connectivity index (χ0) is 22.3. The predicted octanol–water partition coefficient (Wildman–Crippen LogP) is 3.89. The molecule has 166 valence electrons. The van der Waals surface area contributed by atoms with Crippen LogP contribution in [0.2, 0.25) is 0 Å². The molecule has 4 rings (SSSR count). The number of morpholine rings is 1. The molecule has 0 radical (unpaired) electrons. The van der Waals surface area contributed by atoms with Crippen molar-refractivity contribution in [3.63, 3.8) is 0 Å². The summed E-state index contributed by atoms with van der Waals surface area (Å²) in [6, 6.07) is 8.05. The van der Waals surface area contributed by atoms with Crippen molar-refractivity contribution >= 4 is 11.7 Å². The molecule has 0 bridgehead atoms. The zero-order valence-electron chi connectivity index (χ0n) is 19.6. The van der Waals surface area contributed by atoms with E-state index in [9.17, 15) is 4.79 Å². The Morgan fingerprint density at radius 1 is 1.06 bits per heavy atom. The van der Waals surface area contributed by atoms with E-state index in [0.717, 1.165) is 48.0 Å². The van der Waals surface area contributed by atoms with Gasteiger partial charge < -0.3 is 14.5 Å². The monoisotopic (exact) mass is 422 g/mol. The summed E-state index contributed by atoms with van der Waals surface area (Å²) in [6.07, 6.45) is 1.06. The molecule has 1 fully saturated rings. The van der Waals surface area contributed by atoms with Gasteiger partial charge in [-0.15, -0.1) is 0 Å². The van der Waals surface area contributed by atoms with Crippen LogP contribution >= 0.6 is 0 Å². The number of aromatic nitrogens is 2. The molecule has 3 heterocycles. The highest BCUT2D eigenvalue weighted by Crippen LogP contribution is 2.30. The molecule has 1 saturated heterocycles. The molecular formula is C25H34N4O2. The van der Waals surface area contributed by atoms with Crippen molar-refractivity contribution in [2.24, 2.45) is 0 Å². The summed E-state index contributed by atoms with van der Waals surface area (Å²) in [7, 11) is 0. The number of carbonyl (C=O) groups is 1. The van der Waals surface area contributed by atoms with Crippen LogP contribution in [0.1, 0.15) is 67.6 Å². The molecule has 1 aromatic carbocycles. The fourth-order valence-corrected chi connectivity index (χ4v) is 4.60. The highest BCUT2D eigenvalue weighted by atomic mass is 16.5. The molecule has 6 heteroatoms. The number of hydrogen-bond acceptors (Lipinski definition) is 5. The van der Waals surface area contributed by atoms with Gasteiger partial charge in [0.1, 0.15) is 11.6 Å². The Kier molecular flexibility index (Phi) is 5.77. The molecular weight excluding hydrogens is 388 g/mol. The fourth-order valence-electron chi connectivity index (χ4n) is 4.60. The van der Waals surface area contributed by atoms with Crippen LogP contribution < -0.4 is 4.90 Å². The molecule has 6 nitrogen and oxygen atoms in total. The van der Waals surface area contributed by atoms with Crippen LogP contribution in [0, 0.1) is 6.92 Å². The number of ether oxygens (including phenoxy) is 1. The van der Waals surface area contributed by atoms with Crippen LogP contribution in [0.4, 0.5) is 5.82 Å². The van der Waals surface area contributed by atoms with E-state index < -0.39 is 0 Å². The molecule has 2 atom stereocenters. The van der Waals surface area contributed by atoms with Crippen molar-refractivity contribution in [1.29, 1.82) is 0 Å². The predicted molar refractivity (Wildman–Crippen MR) is 123 cm³/mol. The maximum Gasteiger partial charge on any atom is 0.254 e. The topological polar surface area (TPSA) is 58.6 Å². The normalized spacial score (nSPS) is 21.7. The Labute approximate surface area is 185 Å². The van der Waals surface area contributed by atoms with Gasteiger partial charge in [-0.1, -0.05) is 32.9 Å². The van der Waals surface area contributed by atoms with Crippen molar-refractivity contribution in [3.8, 4) is 0 Å². The van der Waals surface area contributed by atoms with E-state index in [0.29, 0.717) is 13.1 Å². The van der Waals surface area contributed by atoms with Crippen LogP contribution in [0.3, 0.4) is 0 Å². The molecule has 0 unspecified atom stereocenters. The lowest BCUT2D eigenvalue weighted by Crippen LogP contribution is -2.47. The zero-order valence-corrected chi connectivity index (χ0v) is 19.6. The van der Waals surface area contributed by atoms with Crippen molar-refractivity contribution < 1.29 is 9.53 Å². The van der Waals surface area contributed by atoms with Gasteiger partial charge in [0.15, 0.2) is 0 Å². The average molecular weight is 423 g/mol. The van der Waals surface area contributed by atoms with Crippen LogP contribution in [0.15, 0.2) is 24.3 Å². The quantitative estimate of drug-likeness (QED) is 0.735. The van der Waals surface area contributed by atoms with E-state index in [2.05, 4.69) is 51.7 Å². The first kappa shape index (κ1) is 21.8. The minimum absolute atomic E-state index is 0.0707. The van der Waals surface area contributed by atoms with Crippen molar-refractivity contribution in [3.05, 3.63) is 52.5 Å². The standard InChI is InChI=1S/C25H34N4O2/c1-16-13-29(14-17(2)31-16)23-21-15-28(12-11-22(21)26-18(3)27-23)24(30)19-7-9-20(10-8-19)25(4,5)6/h7-10,16-17H,11-15H2,1-6H3/t16-,17-/m1/s1. The first-order chi connectivity index (χ1) is 14.6. The SMILES string of the molecule is Cc1nc2c(c(N3C[C@@H](C)O[C@H](C)C3)n1)CN(C(=O)c1ccc(C(C)(C)C)cc1)CC2. The van der Waals surface area contributed by atoms with Crippen LogP contribution in [0.5, 0.6) is 0 Å². The van der Waals surface area contributed by atoms with E-state index in [-0.39, 0.29) is 23.5 Å². The highest BCUT2D eigenvalue weighted by Gasteiger charge is 2.31. The second kappa shape index (κ2) is 8.23. The summed E-state index contributed by atoms with van der Waals surface area (Å²) < 4.78 is 5.91. The summed E-state index contributed by atoms with van der Waals surface area (Å²) in [6.45, 7) is 15.5. The van der Waals surface area contributed by atoms with Crippen molar-refractivity contribution in [2.75, 3.05) is 24.5 Å². The Morgan fingerprint density at radius 3 is 2.32 bits per heavy atom.